The molecular weight excluding hydrogens is 344 g/mol. The van der Waals surface area contributed by atoms with Crippen molar-refractivity contribution in [1.82, 2.24) is 9.80 Å². The molecule has 2 heterocycles. The summed E-state index contributed by atoms with van der Waals surface area (Å²) in [5, 5.41) is -0.174. The van der Waals surface area contributed by atoms with Crippen LogP contribution in [-0.4, -0.2) is 66.0 Å². The Balaban J connectivity index is 1.67. The van der Waals surface area contributed by atoms with E-state index in [-0.39, 0.29) is 28.8 Å². The van der Waals surface area contributed by atoms with Gasteiger partial charge in [-0.2, -0.15) is 0 Å². The number of ether oxygens (including phenoxy) is 2. The molecule has 0 spiro atoms. The van der Waals surface area contributed by atoms with E-state index in [0.29, 0.717) is 43.0 Å². The van der Waals surface area contributed by atoms with Crippen molar-refractivity contribution in [2.45, 2.75) is 18.9 Å². The Labute approximate surface area is 150 Å². The third-order valence-corrected chi connectivity index (χ3v) is 5.33. The highest BCUT2D eigenvalue weighted by Crippen LogP contribution is 2.28. The van der Waals surface area contributed by atoms with Gasteiger partial charge in [-0.3, -0.25) is 19.3 Å². The summed E-state index contributed by atoms with van der Waals surface area (Å²) in [7, 11) is 3.08. The molecule has 0 aromatic heterocycles. The summed E-state index contributed by atoms with van der Waals surface area (Å²) >= 11 is 1.05. The lowest BCUT2D eigenvalue weighted by Crippen LogP contribution is -2.48. The number of piperidine rings is 1. The van der Waals surface area contributed by atoms with Gasteiger partial charge in [0, 0.05) is 30.8 Å². The molecule has 0 bridgehead atoms. The third kappa shape index (κ3) is 3.58. The lowest BCUT2D eigenvalue weighted by atomic mass is 10.0. The fraction of sp³-hybridized carbons (Fsp3) is 0.471. The van der Waals surface area contributed by atoms with Gasteiger partial charge in [-0.1, -0.05) is 11.8 Å². The highest BCUT2D eigenvalue weighted by atomic mass is 32.2. The smallest absolute Gasteiger partial charge is 0.289 e. The minimum atomic E-state index is -0.174. The maximum Gasteiger partial charge on any atom is 0.289 e. The Bertz CT molecular complexity index is 662. The number of benzene rings is 1. The summed E-state index contributed by atoms with van der Waals surface area (Å²) in [6.07, 6.45) is 1.20. The minimum absolute atomic E-state index is 0.107. The number of likely N-dealkylation sites (tertiary alicyclic amines) is 1. The molecule has 0 N–H and O–H groups in total. The van der Waals surface area contributed by atoms with Gasteiger partial charge in [0.2, 0.25) is 5.91 Å². The number of imide groups is 1. The number of hydrogen-bond acceptors (Lipinski definition) is 6. The first kappa shape index (κ1) is 17.6. The van der Waals surface area contributed by atoms with E-state index in [0.717, 1.165) is 11.8 Å². The Morgan fingerprint density at radius 1 is 1.08 bits per heavy atom. The second kappa shape index (κ2) is 7.35. The normalized spacial score (nSPS) is 18.6. The summed E-state index contributed by atoms with van der Waals surface area (Å²) in [4.78, 5) is 39.5. The standard InChI is InChI=1S/C17H20N2O5S/c1-23-13-7-11(8-14(9-13)24-2)16(21)18-5-3-12(4-6-18)19-15(20)10-25-17(19)22/h7-9,12H,3-6,10H2,1-2H3. The molecule has 7 nitrogen and oxygen atoms in total. The van der Waals surface area contributed by atoms with E-state index in [1.807, 2.05) is 0 Å². The Hall–Kier alpha value is -2.22. The molecule has 0 saturated carbocycles. The van der Waals surface area contributed by atoms with Crippen molar-refractivity contribution < 1.29 is 23.9 Å². The predicted molar refractivity (Wildman–Crippen MR) is 93.2 cm³/mol. The topological polar surface area (TPSA) is 76.2 Å². The van der Waals surface area contributed by atoms with Crippen LogP contribution in [0.15, 0.2) is 18.2 Å². The van der Waals surface area contributed by atoms with Crippen molar-refractivity contribution in [2.24, 2.45) is 0 Å². The van der Waals surface area contributed by atoms with Crippen LogP contribution < -0.4 is 9.47 Å². The monoisotopic (exact) mass is 364 g/mol. The fourth-order valence-electron chi connectivity index (χ4n) is 3.16. The van der Waals surface area contributed by atoms with Crippen LogP contribution in [0.2, 0.25) is 0 Å². The Kier molecular flexibility index (Phi) is 5.17. The van der Waals surface area contributed by atoms with Crippen LogP contribution in [-0.2, 0) is 4.79 Å². The van der Waals surface area contributed by atoms with Crippen LogP contribution in [0.3, 0.4) is 0 Å². The minimum Gasteiger partial charge on any atom is -0.497 e. The highest BCUT2D eigenvalue weighted by Gasteiger charge is 2.38. The average Bonchev–Trinajstić information content (AvgIpc) is 2.99. The van der Waals surface area contributed by atoms with E-state index in [1.54, 1.807) is 23.1 Å². The van der Waals surface area contributed by atoms with Gasteiger partial charge in [0.05, 0.1) is 20.0 Å². The number of carbonyl (C=O) groups excluding carboxylic acids is 3. The van der Waals surface area contributed by atoms with E-state index in [1.165, 1.54) is 19.1 Å². The van der Waals surface area contributed by atoms with Crippen molar-refractivity contribution >= 4 is 28.8 Å². The van der Waals surface area contributed by atoms with Gasteiger partial charge in [0.1, 0.15) is 11.5 Å². The van der Waals surface area contributed by atoms with Gasteiger partial charge in [-0.25, -0.2) is 0 Å². The number of amides is 3. The molecule has 25 heavy (non-hydrogen) atoms. The molecule has 2 saturated heterocycles. The van der Waals surface area contributed by atoms with Gasteiger partial charge in [-0.15, -0.1) is 0 Å². The lowest BCUT2D eigenvalue weighted by molar-refractivity contribution is -0.126. The molecule has 0 aliphatic carbocycles. The second-order valence-electron chi connectivity index (χ2n) is 5.94. The first-order chi connectivity index (χ1) is 12.0. The van der Waals surface area contributed by atoms with Gasteiger partial charge >= 0.3 is 0 Å². The van der Waals surface area contributed by atoms with Crippen molar-refractivity contribution in [3.63, 3.8) is 0 Å². The molecule has 3 amide bonds. The van der Waals surface area contributed by atoms with Crippen LogP contribution in [0.1, 0.15) is 23.2 Å². The summed E-state index contributed by atoms with van der Waals surface area (Å²) in [5.74, 6) is 1.11. The lowest BCUT2D eigenvalue weighted by Gasteiger charge is -2.35. The molecule has 2 aliphatic rings. The predicted octanol–water partition coefficient (Wildman–Crippen LogP) is 2.00. The number of methoxy groups -OCH3 is 2. The van der Waals surface area contributed by atoms with E-state index < -0.39 is 0 Å². The van der Waals surface area contributed by atoms with Gasteiger partial charge in [0.15, 0.2) is 0 Å². The fourth-order valence-corrected chi connectivity index (χ4v) is 3.93. The molecule has 0 unspecified atom stereocenters. The zero-order chi connectivity index (χ0) is 18.0. The molecule has 3 rings (SSSR count). The molecule has 8 heteroatoms. The first-order valence-corrected chi connectivity index (χ1v) is 9.03. The summed E-state index contributed by atoms with van der Waals surface area (Å²) in [6.45, 7) is 1.01. The van der Waals surface area contributed by atoms with Gasteiger partial charge < -0.3 is 14.4 Å². The Morgan fingerprint density at radius 3 is 2.16 bits per heavy atom. The average molecular weight is 364 g/mol. The van der Waals surface area contributed by atoms with Crippen molar-refractivity contribution in [3.05, 3.63) is 23.8 Å². The number of thioether (sulfide) groups is 1. The molecule has 0 atom stereocenters. The van der Waals surface area contributed by atoms with E-state index in [2.05, 4.69) is 0 Å². The van der Waals surface area contributed by atoms with Crippen LogP contribution in [0.5, 0.6) is 11.5 Å². The molecule has 0 radical (unpaired) electrons. The second-order valence-corrected chi connectivity index (χ2v) is 6.87. The van der Waals surface area contributed by atoms with E-state index in [9.17, 15) is 14.4 Å². The van der Waals surface area contributed by atoms with E-state index >= 15 is 0 Å². The molecule has 1 aromatic carbocycles. The highest BCUT2D eigenvalue weighted by molar-refractivity contribution is 8.14. The zero-order valence-electron chi connectivity index (χ0n) is 14.2. The van der Waals surface area contributed by atoms with E-state index in [4.69, 9.17) is 9.47 Å². The van der Waals surface area contributed by atoms with Gasteiger partial charge in [0.25, 0.3) is 11.1 Å². The maximum atomic E-state index is 12.8. The third-order valence-electron chi connectivity index (χ3n) is 4.50. The molecule has 2 aliphatic heterocycles. The van der Waals surface area contributed by atoms with Crippen LogP contribution in [0, 0.1) is 0 Å². The number of rotatable bonds is 4. The molecule has 2 fully saturated rings. The molecule has 134 valence electrons. The van der Waals surface area contributed by atoms with Crippen LogP contribution in [0.25, 0.3) is 0 Å². The Morgan fingerprint density at radius 2 is 1.68 bits per heavy atom. The SMILES string of the molecule is COc1cc(OC)cc(C(=O)N2CCC(N3C(=O)CSC3=O)CC2)c1. The summed E-state index contributed by atoms with van der Waals surface area (Å²) in [6, 6.07) is 4.96. The zero-order valence-corrected chi connectivity index (χ0v) is 15.0. The molecular formula is C17H20N2O5S. The quantitative estimate of drug-likeness (QED) is 0.813. The summed E-state index contributed by atoms with van der Waals surface area (Å²) < 4.78 is 10.4. The van der Waals surface area contributed by atoms with Crippen molar-refractivity contribution in [1.29, 1.82) is 0 Å². The van der Waals surface area contributed by atoms with Gasteiger partial charge in [-0.05, 0) is 25.0 Å². The summed E-state index contributed by atoms with van der Waals surface area (Å²) in [5.41, 5.74) is 0.499. The first-order valence-electron chi connectivity index (χ1n) is 8.04. The van der Waals surface area contributed by atoms with Crippen molar-refractivity contribution in [2.75, 3.05) is 33.1 Å². The molecule has 1 aromatic rings. The number of hydrogen-bond donors (Lipinski definition) is 0. The largest absolute Gasteiger partial charge is 0.497 e. The number of nitrogens with zero attached hydrogens (tertiary/aromatic N) is 2. The van der Waals surface area contributed by atoms with Crippen LogP contribution in [0.4, 0.5) is 4.79 Å². The number of carbonyl (C=O) groups is 3. The van der Waals surface area contributed by atoms with Crippen LogP contribution >= 0.6 is 11.8 Å². The van der Waals surface area contributed by atoms with Crippen molar-refractivity contribution in [3.8, 4) is 11.5 Å². The maximum absolute atomic E-state index is 12.8.